The van der Waals surface area contributed by atoms with Gasteiger partial charge in [-0.1, -0.05) is 30.3 Å². The average molecular weight is 443 g/mol. The molecule has 0 aliphatic heterocycles. The molecule has 0 radical (unpaired) electrons. The molecule has 0 aromatic heterocycles. The van der Waals surface area contributed by atoms with Crippen LogP contribution in [-0.4, -0.2) is 23.2 Å². The number of amides is 1. The van der Waals surface area contributed by atoms with Crippen molar-refractivity contribution < 1.29 is 23.8 Å². The summed E-state index contributed by atoms with van der Waals surface area (Å²) in [7, 11) is 0. The summed E-state index contributed by atoms with van der Waals surface area (Å²) in [5.74, 6) is -1.67. The number of carboxylic acid groups (broad SMARTS) is 1. The van der Waals surface area contributed by atoms with Crippen LogP contribution in [0, 0.1) is 9.39 Å². The maximum atomic E-state index is 13.4. The number of aliphatic carboxylic acids is 1. The van der Waals surface area contributed by atoms with Crippen LogP contribution < -0.4 is 5.32 Å². The van der Waals surface area contributed by atoms with Crippen LogP contribution in [0.4, 0.5) is 9.18 Å². The largest absolute Gasteiger partial charge is 0.480 e. The van der Waals surface area contributed by atoms with E-state index in [1.54, 1.807) is 18.2 Å². The Kier molecular flexibility index (Phi) is 6.53. The zero-order chi connectivity index (χ0) is 17.5. The molecule has 2 N–H and O–H groups in total. The minimum atomic E-state index is -1.22. The van der Waals surface area contributed by atoms with Gasteiger partial charge in [0.15, 0.2) is 0 Å². The highest BCUT2D eigenvalue weighted by Crippen LogP contribution is 2.13. The molecule has 0 saturated carbocycles. The average Bonchev–Trinajstić information content (AvgIpc) is 2.52. The van der Waals surface area contributed by atoms with Crippen LogP contribution in [-0.2, 0) is 22.6 Å². The van der Waals surface area contributed by atoms with Gasteiger partial charge in [-0.25, -0.2) is 14.0 Å². The van der Waals surface area contributed by atoms with Gasteiger partial charge >= 0.3 is 12.1 Å². The molecule has 1 amide bonds. The molecule has 0 saturated heterocycles. The monoisotopic (exact) mass is 443 g/mol. The Morgan fingerprint density at radius 1 is 1.17 bits per heavy atom. The van der Waals surface area contributed by atoms with E-state index in [0.717, 1.165) is 5.56 Å². The molecule has 7 heteroatoms. The van der Waals surface area contributed by atoms with Gasteiger partial charge in [-0.05, 0) is 51.9 Å². The smallest absolute Gasteiger partial charge is 0.408 e. The molecule has 0 aliphatic carbocycles. The third-order valence-corrected chi connectivity index (χ3v) is 3.79. The lowest BCUT2D eigenvalue weighted by molar-refractivity contribution is -0.139. The van der Waals surface area contributed by atoms with E-state index in [4.69, 9.17) is 4.74 Å². The summed E-state index contributed by atoms with van der Waals surface area (Å²) >= 11 is 1.94. The van der Waals surface area contributed by atoms with Crippen molar-refractivity contribution >= 4 is 34.7 Å². The molecule has 2 rings (SSSR count). The topological polar surface area (TPSA) is 75.6 Å². The quantitative estimate of drug-likeness (QED) is 0.672. The predicted molar refractivity (Wildman–Crippen MR) is 94.0 cm³/mol. The Labute approximate surface area is 152 Å². The molecule has 1 atom stereocenters. The third-order valence-electron chi connectivity index (χ3n) is 3.17. The van der Waals surface area contributed by atoms with Gasteiger partial charge in [-0.15, -0.1) is 0 Å². The van der Waals surface area contributed by atoms with Gasteiger partial charge < -0.3 is 15.2 Å². The number of carbonyl (C=O) groups excluding carboxylic acids is 1. The van der Waals surface area contributed by atoms with Crippen molar-refractivity contribution in [3.8, 4) is 0 Å². The van der Waals surface area contributed by atoms with Crippen LogP contribution in [0.1, 0.15) is 11.1 Å². The van der Waals surface area contributed by atoms with Crippen molar-refractivity contribution in [2.75, 3.05) is 0 Å². The predicted octanol–water partition coefficient (Wildman–Crippen LogP) is 3.35. The summed E-state index contributed by atoms with van der Waals surface area (Å²) in [6, 6.07) is 12.1. The number of nitrogens with one attached hydrogen (secondary N) is 1. The molecule has 2 aromatic carbocycles. The van der Waals surface area contributed by atoms with Crippen LogP contribution >= 0.6 is 22.6 Å². The number of hydrogen-bond acceptors (Lipinski definition) is 3. The highest BCUT2D eigenvalue weighted by atomic mass is 127. The maximum absolute atomic E-state index is 13.4. The summed E-state index contributed by atoms with van der Waals surface area (Å²) in [5.41, 5.74) is 1.27. The van der Waals surface area contributed by atoms with Crippen LogP contribution in [0.2, 0.25) is 0 Å². The number of benzene rings is 2. The van der Waals surface area contributed by atoms with Crippen molar-refractivity contribution in [1.29, 1.82) is 0 Å². The molecule has 0 heterocycles. The third kappa shape index (κ3) is 5.80. The summed E-state index contributed by atoms with van der Waals surface area (Å²) in [5, 5.41) is 11.5. The number of ether oxygens (including phenoxy) is 1. The molecule has 0 aliphatic rings. The van der Waals surface area contributed by atoms with Crippen LogP contribution in [0.25, 0.3) is 0 Å². The number of carboxylic acids is 1. The van der Waals surface area contributed by atoms with E-state index in [2.05, 4.69) is 5.32 Å². The second-order valence-corrected chi connectivity index (χ2v) is 6.32. The molecule has 5 nitrogen and oxygen atoms in total. The molecular formula is C17H15FINO4. The molecular weight excluding hydrogens is 428 g/mol. The summed E-state index contributed by atoms with van der Waals surface area (Å²) in [4.78, 5) is 23.1. The van der Waals surface area contributed by atoms with E-state index < -0.39 is 23.9 Å². The second-order valence-electron chi connectivity index (χ2n) is 5.08. The molecule has 2 aromatic rings. The first-order chi connectivity index (χ1) is 11.4. The van der Waals surface area contributed by atoms with E-state index in [0.29, 0.717) is 9.13 Å². The van der Waals surface area contributed by atoms with Crippen molar-refractivity contribution in [2.24, 2.45) is 0 Å². The van der Waals surface area contributed by atoms with E-state index in [9.17, 15) is 19.1 Å². The zero-order valence-corrected chi connectivity index (χ0v) is 14.7. The standard InChI is InChI=1S/C17H15FINO4/c18-13-6-12(7-14(19)9-13)8-15(16(21)22)20-17(23)24-10-11-4-2-1-3-5-11/h1-7,9,15H,8,10H2,(H,20,23)(H,21,22). The number of hydrogen-bond donors (Lipinski definition) is 2. The van der Waals surface area contributed by atoms with E-state index in [1.165, 1.54) is 12.1 Å². The lowest BCUT2D eigenvalue weighted by Gasteiger charge is -2.15. The lowest BCUT2D eigenvalue weighted by Crippen LogP contribution is -2.42. The molecule has 1 unspecified atom stereocenters. The van der Waals surface area contributed by atoms with Gasteiger partial charge in [-0.2, -0.15) is 0 Å². The van der Waals surface area contributed by atoms with E-state index in [-0.39, 0.29) is 13.0 Å². The van der Waals surface area contributed by atoms with Crippen LogP contribution in [0.15, 0.2) is 48.5 Å². The maximum Gasteiger partial charge on any atom is 0.408 e. The second kappa shape index (κ2) is 8.62. The molecule has 0 bridgehead atoms. The fraction of sp³-hybridized carbons (Fsp3) is 0.176. The van der Waals surface area contributed by atoms with Crippen LogP contribution in [0.5, 0.6) is 0 Å². The molecule has 0 fully saturated rings. The summed E-state index contributed by atoms with van der Waals surface area (Å²) < 4.78 is 19.0. The molecule has 24 heavy (non-hydrogen) atoms. The minimum Gasteiger partial charge on any atom is -0.480 e. The lowest BCUT2D eigenvalue weighted by atomic mass is 10.1. The van der Waals surface area contributed by atoms with E-state index in [1.807, 2.05) is 40.8 Å². The Bertz CT molecular complexity index is 704. The fourth-order valence-corrected chi connectivity index (χ4v) is 2.77. The fourth-order valence-electron chi connectivity index (χ4n) is 2.07. The van der Waals surface area contributed by atoms with Gasteiger partial charge in [0.05, 0.1) is 0 Å². The minimum absolute atomic E-state index is 0.0382. The van der Waals surface area contributed by atoms with Gasteiger partial charge in [-0.3, -0.25) is 0 Å². The number of rotatable bonds is 6. The molecule has 126 valence electrons. The van der Waals surface area contributed by atoms with Crippen molar-refractivity contribution in [3.05, 3.63) is 69.0 Å². The van der Waals surface area contributed by atoms with Gasteiger partial charge in [0.1, 0.15) is 18.5 Å². The Hall–Kier alpha value is -2.16. The molecule has 0 spiro atoms. The Morgan fingerprint density at radius 2 is 1.88 bits per heavy atom. The van der Waals surface area contributed by atoms with Crippen molar-refractivity contribution in [2.45, 2.75) is 19.1 Å². The first-order valence-corrected chi connectivity index (χ1v) is 8.17. The van der Waals surface area contributed by atoms with Crippen molar-refractivity contribution in [3.63, 3.8) is 0 Å². The number of carbonyl (C=O) groups is 2. The highest BCUT2D eigenvalue weighted by molar-refractivity contribution is 14.1. The zero-order valence-electron chi connectivity index (χ0n) is 12.5. The normalized spacial score (nSPS) is 11.6. The van der Waals surface area contributed by atoms with Gasteiger partial charge in [0, 0.05) is 9.99 Å². The highest BCUT2D eigenvalue weighted by Gasteiger charge is 2.21. The Morgan fingerprint density at radius 3 is 2.50 bits per heavy atom. The number of halogens is 2. The first-order valence-electron chi connectivity index (χ1n) is 7.09. The van der Waals surface area contributed by atoms with E-state index >= 15 is 0 Å². The summed E-state index contributed by atoms with van der Waals surface area (Å²) in [6.07, 6.45) is -0.874. The number of alkyl carbamates (subject to hydrolysis) is 1. The van der Waals surface area contributed by atoms with Gasteiger partial charge in [0.2, 0.25) is 0 Å². The Balaban J connectivity index is 1.95. The first kappa shape index (κ1) is 18.2. The van der Waals surface area contributed by atoms with Crippen LogP contribution in [0.3, 0.4) is 0 Å². The summed E-state index contributed by atoms with van der Waals surface area (Å²) in [6.45, 7) is 0.0386. The van der Waals surface area contributed by atoms with Gasteiger partial charge in [0.25, 0.3) is 0 Å². The van der Waals surface area contributed by atoms with Crippen molar-refractivity contribution in [1.82, 2.24) is 5.32 Å². The SMILES string of the molecule is O=C(NC(Cc1cc(F)cc(I)c1)C(=O)O)OCc1ccccc1.